The monoisotopic (exact) mass is 222 g/mol. The Hall–Kier alpha value is -1.58. The average Bonchev–Trinajstić information content (AvgIpc) is 2.13. The zero-order valence-corrected chi connectivity index (χ0v) is 9.00. The summed E-state index contributed by atoms with van der Waals surface area (Å²) in [5.41, 5.74) is 6.03. The lowest BCUT2D eigenvalue weighted by atomic mass is 9.85. The molecule has 3 nitrogen and oxygen atoms in total. The Morgan fingerprint density at radius 2 is 2.19 bits per heavy atom. The van der Waals surface area contributed by atoms with Crippen LogP contribution in [-0.2, 0) is 0 Å². The first-order valence-corrected chi connectivity index (χ1v) is 5.49. The Balaban J connectivity index is 1.96. The van der Waals surface area contributed by atoms with Crippen molar-refractivity contribution < 1.29 is 9.18 Å². The number of benzene rings is 1. The summed E-state index contributed by atoms with van der Waals surface area (Å²) in [6.07, 6.45) is 3.59. The number of nitrogens with two attached hydrogens (primary N) is 1. The van der Waals surface area contributed by atoms with Crippen molar-refractivity contribution in [3.8, 4) is 0 Å². The van der Waals surface area contributed by atoms with E-state index in [1.165, 1.54) is 37.5 Å². The lowest BCUT2D eigenvalue weighted by Gasteiger charge is -2.25. The highest BCUT2D eigenvalue weighted by molar-refractivity contribution is 5.95. The average molecular weight is 222 g/mol. The topological polar surface area (TPSA) is 55.1 Å². The number of carbonyl (C=O) groups excluding carboxylic acids is 1. The van der Waals surface area contributed by atoms with Crippen LogP contribution in [-0.4, -0.2) is 12.5 Å². The molecule has 4 heteroatoms. The lowest BCUT2D eigenvalue weighted by molar-refractivity contribution is 0.0938. The maximum Gasteiger partial charge on any atom is 0.251 e. The van der Waals surface area contributed by atoms with Crippen molar-refractivity contribution in [3.63, 3.8) is 0 Å². The van der Waals surface area contributed by atoms with Crippen LogP contribution in [0.2, 0.25) is 0 Å². The molecule has 0 bridgehead atoms. The molecule has 1 aliphatic carbocycles. The van der Waals surface area contributed by atoms with Crippen LogP contribution in [0.3, 0.4) is 0 Å². The van der Waals surface area contributed by atoms with Gasteiger partial charge in [0.15, 0.2) is 0 Å². The number of halogens is 1. The first kappa shape index (κ1) is 10.9. The van der Waals surface area contributed by atoms with Crippen molar-refractivity contribution in [2.24, 2.45) is 5.92 Å². The predicted octanol–water partition coefficient (Wildman–Crippen LogP) is 1.94. The quantitative estimate of drug-likeness (QED) is 0.768. The molecule has 16 heavy (non-hydrogen) atoms. The fraction of sp³-hybridized carbons (Fsp3) is 0.417. The molecule has 1 aliphatic rings. The zero-order chi connectivity index (χ0) is 11.5. The van der Waals surface area contributed by atoms with E-state index >= 15 is 0 Å². The van der Waals surface area contributed by atoms with Crippen molar-refractivity contribution in [2.75, 3.05) is 12.3 Å². The van der Waals surface area contributed by atoms with E-state index in [1.54, 1.807) is 0 Å². The molecule has 1 aromatic rings. The third-order valence-electron chi connectivity index (χ3n) is 2.96. The molecule has 0 aliphatic heterocycles. The highest BCUT2D eigenvalue weighted by Crippen LogP contribution is 2.25. The van der Waals surface area contributed by atoms with E-state index in [0.29, 0.717) is 12.5 Å². The molecule has 0 saturated heterocycles. The second kappa shape index (κ2) is 4.51. The van der Waals surface area contributed by atoms with Crippen LogP contribution in [0.25, 0.3) is 0 Å². The normalized spacial score (nSPS) is 15.6. The Morgan fingerprint density at radius 1 is 1.44 bits per heavy atom. The fourth-order valence-electron chi connectivity index (χ4n) is 1.78. The minimum atomic E-state index is -0.478. The molecule has 0 unspecified atom stereocenters. The summed E-state index contributed by atoms with van der Waals surface area (Å²) in [6, 6.07) is 3.88. The Labute approximate surface area is 93.8 Å². The van der Waals surface area contributed by atoms with Crippen molar-refractivity contribution in [1.82, 2.24) is 5.32 Å². The number of nitrogen functional groups attached to an aromatic ring is 1. The Morgan fingerprint density at radius 3 is 2.75 bits per heavy atom. The van der Waals surface area contributed by atoms with Gasteiger partial charge in [0.1, 0.15) is 5.82 Å². The molecular formula is C12H15FN2O. The number of nitrogens with one attached hydrogen (secondary N) is 1. The second-order valence-electron chi connectivity index (χ2n) is 4.28. The molecular weight excluding hydrogens is 207 g/mol. The van der Waals surface area contributed by atoms with Crippen LogP contribution < -0.4 is 11.1 Å². The van der Waals surface area contributed by atoms with E-state index in [0.717, 1.165) is 0 Å². The van der Waals surface area contributed by atoms with Gasteiger partial charge in [0.25, 0.3) is 5.91 Å². The first-order chi connectivity index (χ1) is 7.65. The standard InChI is InChI=1S/C12H15FN2O/c13-10-4-9(5-11(14)6-10)12(16)15-7-8-2-1-3-8/h4-6,8H,1-3,7,14H2,(H,15,16). The van der Waals surface area contributed by atoms with Crippen LogP contribution >= 0.6 is 0 Å². The van der Waals surface area contributed by atoms with Crippen LogP contribution in [0, 0.1) is 11.7 Å². The van der Waals surface area contributed by atoms with E-state index in [9.17, 15) is 9.18 Å². The molecule has 0 heterocycles. The summed E-state index contributed by atoms with van der Waals surface area (Å²) in [5.74, 6) is -0.137. The number of hydrogen-bond acceptors (Lipinski definition) is 2. The molecule has 0 spiro atoms. The molecule has 1 saturated carbocycles. The SMILES string of the molecule is Nc1cc(F)cc(C(=O)NCC2CCC2)c1. The summed E-state index contributed by atoms with van der Waals surface area (Å²) < 4.78 is 13.0. The molecule has 1 aromatic carbocycles. The summed E-state index contributed by atoms with van der Waals surface area (Å²) in [6.45, 7) is 0.676. The molecule has 86 valence electrons. The molecule has 2 rings (SSSR count). The minimum absolute atomic E-state index is 0.252. The number of amides is 1. The van der Waals surface area contributed by atoms with Crippen molar-refractivity contribution >= 4 is 11.6 Å². The maximum atomic E-state index is 13.0. The summed E-state index contributed by atoms with van der Waals surface area (Å²) >= 11 is 0. The van der Waals surface area contributed by atoms with Crippen LogP contribution in [0.1, 0.15) is 29.6 Å². The highest BCUT2D eigenvalue weighted by atomic mass is 19.1. The number of anilines is 1. The van der Waals surface area contributed by atoms with E-state index in [2.05, 4.69) is 5.32 Å². The van der Waals surface area contributed by atoms with Gasteiger partial charge in [-0.1, -0.05) is 6.42 Å². The van der Waals surface area contributed by atoms with Crippen LogP contribution in [0.4, 0.5) is 10.1 Å². The Kier molecular flexibility index (Phi) is 3.08. The molecule has 1 amide bonds. The number of carbonyl (C=O) groups is 1. The smallest absolute Gasteiger partial charge is 0.251 e. The van der Waals surface area contributed by atoms with Gasteiger partial charge in [-0.15, -0.1) is 0 Å². The summed E-state index contributed by atoms with van der Waals surface area (Å²) in [4.78, 5) is 11.7. The third kappa shape index (κ3) is 2.51. The van der Waals surface area contributed by atoms with E-state index in [4.69, 9.17) is 5.73 Å². The van der Waals surface area contributed by atoms with E-state index < -0.39 is 5.82 Å². The van der Waals surface area contributed by atoms with Crippen molar-refractivity contribution in [2.45, 2.75) is 19.3 Å². The van der Waals surface area contributed by atoms with Crippen LogP contribution in [0.15, 0.2) is 18.2 Å². The molecule has 1 fully saturated rings. The van der Waals surface area contributed by atoms with Gasteiger partial charge < -0.3 is 11.1 Å². The number of hydrogen-bond donors (Lipinski definition) is 2. The second-order valence-corrected chi connectivity index (χ2v) is 4.28. The fourth-order valence-corrected chi connectivity index (χ4v) is 1.78. The van der Waals surface area contributed by atoms with Crippen molar-refractivity contribution in [3.05, 3.63) is 29.6 Å². The van der Waals surface area contributed by atoms with E-state index in [1.807, 2.05) is 0 Å². The van der Waals surface area contributed by atoms with E-state index in [-0.39, 0.29) is 17.2 Å². The lowest BCUT2D eigenvalue weighted by Crippen LogP contribution is -2.32. The van der Waals surface area contributed by atoms with Gasteiger partial charge in [-0.05, 0) is 37.0 Å². The van der Waals surface area contributed by atoms with Gasteiger partial charge in [0, 0.05) is 17.8 Å². The van der Waals surface area contributed by atoms with Crippen molar-refractivity contribution in [1.29, 1.82) is 0 Å². The molecule has 3 N–H and O–H groups in total. The Bertz CT molecular complexity index is 382. The first-order valence-electron chi connectivity index (χ1n) is 5.49. The van der Waals surface area contributed by atoms with Gasteiger partial charge in [-0.2, -0.15) is 0 Å². The zero-order valence-electron chi connectivity index (χ0n) is 9.00. The number of rotatable bonds is 3. The third-order valence-corrected chi connectivity index (χ3v) is 2.96. The summed E-state index contributed by atoms with van der Waals surface area (Å²) in [7, 11) is 0. The molecule has 0 radical (unpaired) electrons. The maximum absolute atomic E-state index is 13.0. The predicted molar refractivity (Wildman–Crippen MR) is 60.5 cm³/mol. The van der Waals surface area contributed by atoms with Crippen LogP contribution in [0.5, 0.6) is 0 Å². The highest BCUT2D eigenvalue weighted by Gasteiger charge is 2.18. The molecule has 0 aromatic heterocycles. The minimum Gasteiger partial charge on any atom is -0.399 e. The summed E-state index contributed by atoms with van der Waals surface area (Å²) in [5, 5.41) is 2.79. The largest absolute Gasteiger partial charge is 0.399 e. The van der Waals surface area contributed by atoms with Gasteiger partial charge in [-0.25, -0.2) is 4.39 Å². The van der Waals surface area contributed by atoms with Gasteiger partial charge >= 0.3 is 0 Å². The van der Waals surface area contributed by atoms with Gasteiger partial charge in [0.05, 0.1) is 0 Å². The van der Waals surface area contributed by atoms with Gasteiger partial charge in [0.2, 0.25) is 0 Å². The van der Waals surface area contributed by atoms with Gasteiger partial charge in [-0.3, -0.25) is 4.79 Å². The molecule has 0 atom stereocenters.